The first kappa shape index (κ1) is 19.4. The van der Waals surface area contributed by atoms with Crippen LogP contribution in [0.25, 0.3) is 0 Å². The van der Waals surface area contributed by atoms with E-state index in [0.717, 1.165) is 24.2 Å². The van der Waals surface area contributed by atoms with Crippen LogP contribution in [-0.4, -0.2) is 78.4 Å². The predicted octanol–water partition coefficient (Wildman–Crippen LogP) is -0.339. The highest BCUT2D eigenvalue weighted by molar-refractivity contribution is 6.00. The average Bonchev–Trinajstić information content (AvgIpc) is 3.35. The molecular weight excluding hydrogens is 376 g/mol. The average molecular weight is 400 g/mol. The van der Waals surface area contributed by atoms with Crippen molar-refractivity contribution in [3.05, 3.63) is 29.8 Å². The van der Waals surface area contributed by atoms with E-state index < -0.39 is 17.2 Å². The number of piperazine rings is 1. The highest BCUT2D eigenvalue weighted by Crippen LogP contribution is 2.50. The van der Waals surface area contributed by atoms with E-state index in [9.17, 15) is 19.2 Å². The Morgan fingerprint density at radius 1 is 1.03 bits per heavy atom. The maximum atomic E-state index is 13.4. The van der Waals surface area contributed by atoms with Crippen LogP contribution in [0, 0.1) is 0 Å². The second kappa shape index (κ2) is 7.47. The largest absolute Gasteiger partial charge is 0.497 e. The highest BCUT2D eigenvalue weighted by atomic mass is 16.5. The number of carbonyl (C=O) groups excluding carboxylic acids is 4. The summed E-state index contributed by atoms with van der Waals surface area (Å²) in [4.78, 5) is 50.8. The highest BCUT2D eigenvalue weighted by Gasteiger charge is 2.55. The van der Waals surface area contributed by atoms with Gasteiger partial charge in [-0.3, -0.25) is 39.4 Å². The standard InChI is InChI=1S/C20H24N4O5/c1-29-15-5-3-14(4-6-15)20(7-8-20)19(28)24-10-2-9-23(24)18(27)13-22-11-16(25)21-17(26)12-22/h3-6H,2,7-13H2,1H3,(H,21,25,26). The van der Waals surface area contributed by atoms with E-state index >= 15 is 0 Å². The van der Waals surface area contributed by atoms with E-state index in [-0.39, 0.29) is 31.4 Å². The Kier molecular flexibility index (Phi) is 4.99. The quantitative estimate of drug-likeness (QED) is 0.679. The predicted molar refractivity (Wildman–Crippen MR) is 102 cm³/mol. The normalized spacial score (nSPS) is 21.1. The van der Waals surface area contributed by atoms with Crippen LogP contribution < -0.4 is 10.1 Å². The molecule has 1 N–H and O–H groups in total. The molecule has 0 unspecified atom stereocenters. The van der Waals surface area contributed by atoms with E-state index in [4.69, 9.17) is 4.74 Å². The lowest BCUT2D eigenvalue weighted by atomic mass is 9.94. The molecule has 3 fully saturated rings. The first-order chi connectivity index (χ1) is 13.9. The van der Waals surface area contributed by atoms with Crippen molar-refractivity contribution in [3.63, 3.8) is 0 Å². The van der Waals surface area contributed by atoms with Crippen molar-refractivity contribution in [1.29, 1.82) is 0 Å². The fourth-order valence-electron chi connectivity index (χ4n) is 4.07. The van der Waals surface area contributed by atoms with E-state index in [2.05, 4.69) is 5.32 Å². The van der Waals surface area contributed by atoms with Gasteiger partial charge in [0.1, 0.15) is 5.75 Å². The molecule has 29 heavy (non-hydrogen) atoms. The maximum Gasteiger partial charge on any atom is 0.255 e. The van der Waals surface area contributed by atoms with Crippen molar-refractivity contribution in [3.8, 4) is 5.75 Å². The van der Waals surface area contributed by atoms with Gasteiger partial charge in [0, 0.05) is 13.1 Å². The fourth-order valence-corrected chi connectivity index (χ4v) is 4.07. The number of hydrogen-bond acceptors (Lipinski definition) is 6. The Hall–Kier alpha value is -2.94. The monoisotopic (exact) mass is 400 g/mol. The van der Waals surface area contributed by atoms with Gasteiger partial charge < -0.3 is 4.74 Å². The Labute approximate surface area is 168 Å². The molecule has 1 saturated carbocycles. The van der Waals surface area contributed by atoms with Gasteiger partial charge in [-0.2, -0.15) is 0 Å². The number of hydrogen-bond donors (Lipinski definition) is 1. The third kappa shape index (κ3) is 3.69. The third-order valence-electron chi connectivity index (χ3n) is 5.73. The number of rotatable bonds is 5. The number of benzene rings is 1. The summed E-state index contributed by atoms with van der Waals surface area (Å²) in [5.41, 5.74) is 0.344. The first-order valence-electron chi connectivity index (χ1n) is 9.75. The molecule has 154 valence electrons. The van der Waals surface area contributed by atoms with Crippen LogP contribution >= 0.6 is 0 Å². The first-order valence-corrected chi connectivity index (χ1v) is 9.75. The molecule has 0 atom stereocenters. The van der Waals surface area contributed by atoms with Gasteiger partial charge in [0.05, 0.1) is 32.2 Å². The summed E-state index contributed by atoms with van der Waals surface area (Å²) in [5, 5.41) is 5.24. The molecule has 4 rings (SSSR count). The number of amides is 4. The molecule has 1 aromatic carbocycles. The maximum absolute atomic E-state index is 13.4. The topological polar surface area (TPSA) is 99.3 Å². The van der Waals surface area contributed by atoms with Crippen molar-refractivity contribution >= 4 is 23.6 Å². The lowest BCUT2D eigenvalue weighted by molar-refractivity contribution is -0.160. The lowest BCUT2D eigenvalue weighted by Crippen LogP contribution is -2.56. The van der Waals surface area contributed by atoms with Gasteiger partial charge in [0.25, 0.3) is 11.8 Å². The molecular formula is C20H24N4O5. The summed E-state index contributed by atoms with van der Waals surface area (Å²) in [5.74, 6) is -0.445. The number of methoxy groups -OCH3 is 1. The zero-order chi connectivity index (χ0) is 20.6. The molecule has 1 aliphatic carbocycles. The molecule has 4 amide bonds. The summed E-state index contributed by atoms with van der Waals surface area (Å²) in [6.45, 7) is 0.863. The summed E-state index contributed by atoms with van der Waals surface area (Å²) < 4.78 is 5.19. The molecule has 9 heteroatoms. The number of imide groups is 1. The molecule has 1 aromatic rings. The van der Waals surface area contributed by atoms with Crippen LogP contribution in [-0.2, 0) is 24.6 Å². The molecule has 9 nitrogen and oxygen atoms in total. The molecule has 0 radical (unpaired) electrons. The molecule has 2 saturated heterocycles. The molecule has 2 heterocycles. The van der Waals surface area contributed by atoms with Gasteiger partial charge >= 0.3 is 0 Å². The minimum absolute atomic E-state index is 0.00491. The zero-order valence-electron chi connectivity index (χ0n) is 16.3. The van der Waals surface area contributed by atoms with Crippen molar-refractivity contribution in [2.75, 3.05) is 39.8 Å². The summed E-state index contributed by atoms with van der Waals surface area (Å²) in [7, 11) is 1.60. The van der Waals surface area contributed by atoms with Gasteiger partial charge in [-0.05, 0) is 37.0 Å². The second-order valence-electron chi connectivity index (χ2n) is 7.73. The zero-order valence-corrected chi connectivity index (χ0v) is 16.3. The molecule has 0 bridgehead atoms. The minimum atomic E-state index is -0.587. The molecule has 0 spiro atoms. The molecule has 3 aliphatic rings. The van der Waals surface area contributed by atoms with Crippen molar-refractivity contribution in [2.45, 2.75) is 24.7 Å². The van der Waals surface area contributed by atoms with Crippen LogP contribution in [0.15, 0.2) is 24.3 Å². The van der Waals surface area contributed by atoms with E-state index in [1.54, 1.807) is 12.1 Å². The van der Waals surface area contributed by atoms with Gasteiger partial charge in [-0.25, -0.2) is 0 Å². The van der Waals surface area contributed by atoms with Gasteiger partial charge in [0.15, 0.2) is 0 Å². The summed E-state index contributed by atoms with van der Waals surface area (Å²) in [6, 6.07) is 7.50. The van der Waals surface area contributed by atoms with Crippen LogP contribution in [0.4, 0.5) is 0 Å². The number of nitrogens with one attached hydrogen (secondary N) is 1. The number of ether oxygens (including phenoxy) is 1. The second-order valence-corrected chi connectivity index (χ2v) is 7.73. The fraction of sp³-hybridized carbons (Fsp3) is 0.500. The van der Waals surface area contributed by atoms with E-state index in [1.165, 1.54) is 9.91 Å². The summed E-state index contributed by atoms with van der Waals surface area (Å²) in [6.07, 6.45) is 2.20. The Morgan fingerprint density at radius 3 is 2.24 bits per heavy atom. The van der Waals surface area contributed by atoms with Crippen molar-refractivity contribution in [1.82, 2.24) is 20.2 Å². The van der Waals surface area contributed by atoms with Gasteiger partial charge in [-0.15, -0.1) is 0 Å². The van der Waals surface area contributed by atoms with Crippen LogP contribution in [0.3, 0.4) is 0 Å². The van der Waals surface area contributed by atoms with Crippen molar-refractivity contribution in [2.24, 2.45) is 0 Å². The van der Waals surface area contributed by atoms with Crippen LogP contribution in [0.5, 0.6) is 5.75 Å². The van der Waals surface area contributed by atoms with E-state index in [0.29, 0.717) is 19.5 Å². The smallest absolute Gasteiger partial charge is 0.255 e. The van der Waals surface area contributed by atoms with Crippen molar-refractivity contribution < 1.29 is 23.9 Å². The van der Waals surface area contributed by atoms with E-state index in [1.807, 2.05) is 24.3 Å². The van der Waals surface area contributed by atoms with Crippen LogP contribution in [0.1, 0.15) is 24.8 Å². The SMILES string of the molecule is COc1ccc(C2(C(=O)N3CCCN3C(=O)CN3CC(=O)NC(=O)C3)CC2)cc1. The third-order valence-corrected chi connectivity index (χ3v) is 5.73. The summed E-state index contributed by atoms with van der Waals surface area (Å²) >= 11 is 0. The number of hydrazine groups is 1. The number of carbonyl (C=O) groups is 4. The van der Waals surface area contributed by atoms with Crippen LogP contribution in [0.2, 0.25) is 0 Å². The molecule has 0 aromatic heterocycles. The Morgan fingerprint density at radius 2 is 1.66 bits per heavy atom. The van der Waals surface area contributed by atoms with Gasteiger partial charge in [0.2, 0.25) is 11.8 Å². The Bertz CT molecular complexity index is 833. The lowest BCUT2D eigenvalue weighted by Gasteiger charge is -2.33. The van der Waals surface area contributed by atoms with Gasteiger partial charge in [-0.1, -0.05) is 12.1 Å². The minimum Gasteiger partial charge on any atom is -0.497 e. The molecule has 2 aliphatic heterocycles. The Balaban J connectivity index is 1.46. The number of nitrogens with zero attached hydrogens (tertiary/aromatic N) is 3.